The van der Waals surface area contributed by atoms with Gasteiger partial charge in [0, 0.05) is 36.1 Å². The first-order valence-electron chi connectivity index (χ1n) is 5.19. The monoisotopic (exact) mass is 242 g/mol. The maximum atomic E-state index is 5.91. The van der Waals surface area contributed by atoms with Gasteiger partial charge in [-0.25, -0.2) is 4.98 Å². The molecule has 0 bridgehead atoms. The van der Waals surface area contributed by atoms with Crippen LogP contribution in [0.5, 0.6) is 0 Å². The minimum Gasteiger partial charge on any atom is -0.343 e. The second-order valence-electron chi connectivity index (χ2n) is 3.83. The Kier molecular flexibility index (Phi) is 2.34. The van der Waals surface area contributed by atoms with Crippen LogP contribution in [0.3, 0.4) is 0 Å². The van der Waals surface area contributed by atoms with Gasteiger partial charge in [0.15, 0.2) is 0 Å². The van der Waals surface area contributed by atoms with Gasteiger partial charge in [-0.15, -0.1) is 0 Å². The molecule has 17 heavy (non-hydrogen) atoms. The number of pyridine rings is 2. The molecule has 3 nitrogen and oxygen atoms in total. The van der Waals surface area contributed by atoms with E-state index in [1.165, 1.54) is 0 Å². The van der Waals surface area contributed by atoms with Crippen molar-refractivity contribution in [1.82, 2.24) is 14.5 Å². The summed E-state index contributed by atoms with van der Waals surface area (Å²) in [7, 11) is 2.01. The Hall–Kier alpha value is -1.87. The lowest BCUT2D eigenvalue weighted by Crippen LogP contribution is -1.91. The first-order valence-corrected chi connectivity index (χ1v) is 5.57. The second-order valence-corrected chi connectivity index (χ2v) is 4.22. The van der Waals surface area contributed by atoms with Crippen molar-refractivity contribution in [3.05, 3.63) is 48.0 Å². The number of hydrogen-bond acceptors (Lipinski definition) is 2. The van der Waals surface area contributed by atoms with Crippen molar-refractivity contribution < 1.29 is 0 Å². The molecule has 0 unspecified atom stereocenters. The largest absolute Gasteiger partial charge is 0.343 e. The summed E-state index contributed by atoms with van der Waals surface area (Å²) >= 11 is 5.91. The molecular formula is C13H9ClN3. The average molecular weight is 243 g/mol. The van der Waals surface area contributed by atoms with Gasteiger partial charge in [-0.05, 0) is 24.3 Å². The number of halogens is 1. The smallest absolute Gasteiger partial charge is 0.131 e. The minimum atomic E-state index is 0.506. The second kappa shape index (κ2) is 3.86. The van der Waals surface area contributed by atoms with Crippen molar-refractivity contribution in [3.8, 4) is 11.3 Å². The molecule has 3 aromatic rings. The van der Waals surface area contributed by atoms with Gasteiger partial charge < -0.3 is 4.57 Å². The molecule has 0 aliphatic carbocycles. The Labute approximate surface area is 104 Å². The Morgan fingerprint density at radius 3 is 3.00 bits per heavy atom. The van der Waals surface area contributed by atoms with Crippen LogP contribution in [0, 0.1) is 6.20 Å². The van der Waals surface area contributed by atoms with E-state index in [4.69, 9.17) is 11.6 Å². The van der Waals surface area contributed by atoms with Crippen LogP contribution in [0.4, 0.5) is 0 Å². The van der Waals surface area contributed by atoms with E-state index >= 15 is 0 Å². The van der Waals surface area contributed by atoms with E-state index < -0.39 is 0 Å². The highest BCUT2D eigenvalue weighted by molar-refractivity contribution is 6.30. The molecule has 3 heterocycles. The zero-order valence-corrected chi connectivity index (χ0v) is 9.94. The van der Waals surface area contributed by atoms with E-state index in [-0.39, 0.29) is 0 Å². The first kappa shape index (κ1) is 10.3. The zero-order valence-electron chi connectivity index (χ0n) is 9.18. The van der Waals surface area contributed by atoms with E-state index in [9.17, 15) is 0 Å². The molecule has 0 saturated carbocycles. The molecule has 0 aliphatic rings. The molecule has 0 amide bonds. The average Bonchev–Trinajstić information content (AvgIpc) is 2.68. The lowest BCUT2D eigenvalue weighted by molar-refractivity contribution is 0.976. The van der Waals surface area contributed by atoms with E-state index in [0.29, 0.717) is 5.15 Å². The Morgan fingerprint density at radius 1 is 1.35 bits per heavy atom. The van der Waals surface area contributed by atoms with Crippen LogP contribution < -0.4 is 0 Å². The van der Waals surface area contributed by atoms with E-state index in [1.807, 2.05) is 25.2 Å². The number of hydrogen-bond donors (Lipinski definition) is 0. The number of rotatable bonds is 1. The highest BCUT2D eigenvalue weighted by Crippen LogP contribution is 2.27. The molecule has 3 rings (SSSR count). The van der Waals surface area contributed by atoms with E-state index in [2.05, 4.69) is 26.8 Å². The van der Waals surface area contributed by atoms with Gasteiger partial charge in [0.05, 0.1) is 11.7 Å². The van der Waals surface area contributed by atoms with E-state index in [1.54, 1.807) is 12.4 Å². The van der Waals surface area contributed by atoms with Gasteiger partial charge in [0.1, 0.15) is 5.15 Å². The number of aromatic nitrogens is 3. The number of fused-ring (bicyclic) bond motifs is 1. The normalized spacial score (nSPS) is 10.9. The Morgan fingerprint density at radius 2 is 2.24 bits per heavy atom. The molecule has 0 aromatic carbocycles. The van der Waals surface area contributed by atoms with Crippen molar-refractivity contribution in [2.24, 2.45) is 7.05 Å². The predicted octanol–water partition coefficient (Wildman–Crippen LogP) is 3.09. The fourth-order valence-corrected chi connectivity index (χ4v) is 2.11. The molecule has 0 saturated heterocycles. The fourth-order valence-electron chi connectivity index (χ4n) is 1.96. The van der Waals surface area contributed by atoms with Gasteiger partial charge >= 0.3 is 0 Å². The summed E-state index contributed by atoms with van der Waals surface area (Å²) in [6.45, 7) is 0. The number of nitrogens with zero attached hydrogens (tertiary/aromatic N) is 3. The third-order valence-electron chi connectivity index (χ3n) is 2.81. The van der Waals surface area contributed by atoms with Crippen LogP contribution in [0.15, 0.2) is 36.7 Å². The zero-order chi connectivity index (χ0) is 11.8. The molecule has 0 N–H and O–H groups in total. The van der Waals surface area contributed by atoms with Crippen LogP contribution in [0.25, 0.3) is 22.2 Å². The lowest BCUT2D eigenvalue weighted by Gasteiger charge is -2.03. The molecule has 83 valence electrons. The van der Waals surface area contributed by atoms with Crippen LogP contribution >= 0.6 is 11.6 Å². The van der Waals surface area contributed by atoms with Crippen LogP contribution in [0.1, 0.15) is 0 Å². The van der Waals surface area contributed by atoms with Gasteiger partial charge in [0.2, 0.25) is 0 Å². The quantitative estimate of drug-likeness (QED) is 0.614. The molecule has 0 fully saturated rings. The first-order chi connectivity index (χ1) is 8.25. The Balaban J connectivity index is 2.28. The van der Waals surface area contributed by atoms with Crippen LogP contribution in [0.2, 0.25) is 5.15 Å². The number of aryl methyl sites for hydroxylation is 1. The molecule has 4 heteroatoms. The highest BCUT2D eigenvalue weighted by atomic mass is 35.5. The maximum Gasteiger partial charge on any atom is 0.131 e. The van der Waals surface area contributed by atoms with Crippen molar-refractivity contribution in [2.45, 2.75) is 0 Å². The summed E-state index contributed by atoms with van der Waals surface area (Å²) in [6, 6.07) is 7.77. The van der Waals surface area contributed by atoms with Gasteiger partial charge in [-0.3, -0.25) is 4.98 Å². The molecular weight excluding hydrogens is 234 g/mol. The van der Waals surface area contributed by atoms with Gasteiger partial charge in [-0.1, -0.05) is 11.6 Å². The van der Waals surface area contributed by atoms with Crippen molar-refractivity contribution in [1.29, 1.82) is 0 Å². The summed E-state index contributed by atoms with van der Waals surface area (Å²) in [5, 5.41) is 1.58. The SMILES string of the molecule is Cn1c(-c2c[c]ncc2)cc2cnc(Cl)cc21. The fraction of sp³-hybridized carbons (Fsp3) is 0.0769. The van der Waals surface area contributed by atoms with Gasteiger partial charge in [-0.2, -0.15) is 0 Å². The molecule has 0 atom stereocenters. The molecule has 0 aliphatic heterocycles. The summed E-state index contributed by atoms with van der Waals surface area (Å²) in [4.78, 5) is 7.99. The van der Waals surface area contributed by atoms with Crippen molar-refractivity contribution in [3.63, 3.8) is 0 Å². The van der Waals surface area contributed by atoms with Gasteiger partial charge in [0.25, 0.3) is 0 Å². The van der Waals surface area contributed by atoms with E-state index in [0.717, 1.165) is 22.2 Å². The third kappa shape index (κ3) is 1.68. The van der Waals surface area contributed by atoms with Crippen molar-refractivity contribution >= 4 is 22.5 Å². The van der Waals surface area contributed by atoms with Crippen LogP contribution in [-0.2, 0) is 7.05 Å². The molecule has 0 spiro atoms. The summed E-state index contributed by atoms with van der Waals surface area (Å²) in [6.07, 6.45) is 6.36. The standard InChI is InChI=1S/C13H9ClN3/c1-17-11(9-2-4-15-5-3-9)6-10-8-16-13(14)7-12(10)17/h2-4,6-8H,1H3. The minimum absolute atomic E-state index is 0.506. The predicted molar refractivity (Wildman–Crippen MR) is 67.8 cm³/mol. The molecule has 1 radical (unpaired) electrons. The summed E-state index contributed by atoms with van der Waals surface area (Å²) in [5.74, 6) is 0. The third-order valence-corrected chi connectivity index (χ3v) is 3.02. The Bertz CT molecular complexity index is 674. The van der Waals surface area contributed by atoms with Crippen molar-refractivity contribution in [2.75, 3.05) is 0 Å². The maximum absolute atomic E-state index is 5.91. The van der Waals surface area contributed by atoms with Crippen LogP contribution in [-0.4, -0.2) is 14.5 Å². The summed E-state index contributed by atoms with van der Waals surface area (Å²) < 4.78 is 2.09. The highest BCUT2D eigenvalue weighted by Gasteiger charge is 2.08. The lowest BCUT2D eigenvalue weighted by atomic mass is 10.2. The summed E-state index contributed by atoms with van der Waals surface area (Å²) in [5.41, 5.74) is 3.24. The topological polar surface area (TPSA) is 30.7 Å². The molecule has 3 aromatic heterocycles.